The Bertz CT molecular complexity index is 781. The minimum atomic E-state index is -1.15. The average molecular weight is 437 g/mol. The second-order valence-corrected chi connectivity index (χ2v) is 7.97. The van der Waals surface area contributed by atoms with Crippen molar-refractivity contribution >= 4 is 23.7 Å². The molecule has 0 fully saturated rings. The zero-order chi connectivity index (χ0) is 23.7. The van der Waals surface area contributed by atoms with Gasteiger partial charge in [0.2, 0.25) is 17.7 Å². The van der Waals surface area contributed by atoms with E-state index in [4.69, 9.17) is 5.73 Å². The van der Waals surface area contributed by atoms with E-state index in [-0.39, 0.29) is 24.5 Å². The molecular weight excluding hydrogens is 404 g/mol. The number of aromatic hydroxyl groups is 1. The van der Waals surface area contributed by atoms with Crippen LogP contribution < -0.4 is 21.7 Å². The van der Waals surface area contributed by atoms with Gasteiger partial charge in [-0.15, -0.1) is 0 Å². The number of carboxylic acids is 1. The highest BCUT2D eigenvalue weighted by Gasteiger charge is 2.26. The Hall–Kier alpha value is -3.14. The molecule has 31 heavy (non-hydrogen) atoms. The molecule has 172 valence electrons. The fourth-order valence-electron chi connectivity index (χ4n) is 2.76. The molecule has 0 saturated carbocycles. The summed E-state index contributed by atoms with van der Waals surface area (Å²) in [4.78, 5) is 48.1. The van der Waals surface area contributed by atoms with Crippen LogP contribution in [-0.2, 0) is 25.6 Å². The Morgan fingerprint density at radius 2 is 1.35 bits per heavy atom. The molecule has 10 nitrogen and oxygen atoms in total. The van der Waals surface area contributed by atoms with Gasteiger partial charge in [0.05, 0.1) is 6.04 Å². The van der Waals surface area contributed by atoms with Crippen LogP contribution in [0.25, 0.3) is 0 Å². The van der Waals surface area contributed by atoms with Crippen molar-refractivity contribution in [3.8, 4) is 5.75 Å². The number of nitrogens with one attached hydrogen (secondary N) is 3. The minimum Gasteiger partial charge on any atom is -0.508 e. The van der Waals surface area contributed by atoms with Gasteiger partial charge in [-0.1, -0.05) is 26.0 Å². The third kappa shape index (κ3) is 9.04. The largest absolute Gasteiger partial charge is 0.508 e. The van der Waals surface area contributed by atoms with E-state index in [1.54, 1.807) is 12.1 Å². The van der Waals surface area contributed by atoms with Gasteiger partial charge in [0, 0.05) is 0 Å². The fraction of sp³-hybridized carbons (Fsp3) is 0.524. The highest BCUT2D eigenvalue weighted by atomic mass is 16.4. The van der Waals surface area contributed by atoms with Gasteiger partial charge >= 0.3 is 5.97 Å². The van der Waals surface area contributed by atoms with Crippen molar-refractivity contribution in [1.29, 1.82) is 0 Å². The van der Waals surface area contributed by atoms with Crippen molar-refractivity contribution in [3.63, 3.8) is 0 Å². The molecule has 0 spiro atoms. The number of carbonyl (C=O) groups is 4. The molecule has 7 N–H and O–H groups in total. The lowest BCUT2D eigenvalue weighted by Crippen LogP contribution is -2.55. The Morgan fingerprint density at radius 1 is 0.871 bits per heavy atom. The predicted molar refractivity (Wildman–Crippen MR) is 114 cm³/mol. The number of carbonyl (C=O) groups excluding carboxylic acids is 3. The van der Waals surface area contributed by atoms with Gasteiger partial charge in [-0.2, -0.15) is 0 Å². The number of amides is 3. The zero-order valence-corrected chi connectivity index (χ0v) is 18.2. The zero-order valence-electron chi connectivity index (χ0n) is 18.2. The fourth-order valence-corrected chi connectivity index (χ4v) is 2.76. The number of carboxylic acid groups (broad SMARTS) is 1. The van der Waals surface area contributed by atoms with Crippen molar-refractivity contribution in [1.82, 2.24) is 16.0 Å². The van der Waals surface area contributed by atoms with Crippen molar-refractivity contribution in [3.05, 3.63) is 29.8 Å². The first-order chi connectivity index (χ1) is 14.4. The number of rotatable bonds is 11. The molecule has 3 amide bonds. The summed E-state index contributed by atoms with van der Waals surface area (Å²) in [5, 5.41) is 25.9. The standard InChI is InChI=1S/C21H32N4O6/c1-11(2)9-17(21(30)31)25-19(28)13(4)23-18(27)12(3)24-20(29)16(22)10-14-5-7-15(26)8-6-14/h5-8,11-13,16-17,26H,9-10,22H2,1-4H3,(H,23,27)(H,24,29)(H,25,28)(H,30,31). The monoisotopic (exact) mass is 436 g/mol. The van der Waals surface area contributed by atoms with Crippen LogP contribution in [0.4, 0.5) is 0 Å². The maximum absolute atomic E-state index is 12.3. The van der Waals surface area contributed by atoms with Crippen LogP contribution in [0.2, 0.25) is 0 Å². The second-order valence-electron chi connectivity index (χ2n) is 7.97. The maximum atomic E-state index is 12.3. The van der Waals surface area contributed by atoms with E-state index in [0.717, 1.165) is 5.56 Å². The third-order valence-electron chi connectivity index (χ3n) is 4.55. The molecule has 1 aromatic carbocycles. The molecular formula is C21H32N4O6. The molecule has 0 aliphatic carbocycles. The first-order valence-corrected chi connectivity index (χ1v) is 10.1. The number of nitrogens with two attached hydrogens (primary N) is 1. The Kier molecular flexibility index (Phi) is 9.94. The first kappa shape index (κ1) is 25.9. The Morgan fingerprint density at radius 3 is 1.84 bits per heavy atom. The minimum absolute atomic E-state index is 0.0623. The molecule has 0 bridgehead atoms. The summed E-state index contributed by atoms with van der Waals surface area (Å²) in [6, 6.07) is 2.34. The third-order valence-corrected chi connectivity index (χ3v) is 4.55. The van der Waals surface area contributed by atoms with Crippen molar-refractivity contribution in [2.45, 2.75) is 64.7 Å². The summed E-state index contributed by atoms with van der Waals surface area (Å²) < 4.78 is 0. The number of hydrogen-bond acceptors (Lipinski definition) is 6. The highest BCUT2D eigenvalue weighted by molar-refractivity contribution is 5.93. The number of phenolic OH excluding ortho intramolecular Hbond substituents is 1. The van der Waals surface area contributed by atoms with E-state index in [1.807, 2.05) is 13.8 Å². The van der Waals surface area contributed by atoms with Crippen molar-refractivity contribution in [2.75, 3.05) is 0 Å². The highest BCUT2D eigenvalue weighted by Crippen LogP contribution is 2.11. The lowest BCUT2D eigenvalue weighted by Gasteiger charge is -2.22. The Balaban J connectivity index is 2.55. The van der Waals surface area contributed by atoms with Crippen LogP contribution in [0.5, 0.6) is 5.75 Å². The molecule has 0 heterocycles. The summed E-state index contributed by atoms with van der Waals surface area (Å²) in [7, 11) is 0. The topological polar surface area (TPSA) is 171 Å². The summed E-state index contributed by atoms with van der Waals surface area (Å²) in [5.74, 6) is -2.77. The number of hydrogen-bond donors (Lipinski definition) is 6. The SMILES string of the molecule is CC(C)CC(NC(=O)C(C)NC(=O)C(C)NC(=O)C(N)Cc1ccc(O)cc1)C(=O)O. The summed E-state index contributed by atoms with van der Waals surface area (Å²) >= 11 is 0. The molecule has 0 radical (unpaired) electrons. The molecule has 10 heteroatoms. The van der Waals surface area contributed by atoms with Gasteiger partial charge in [0.25, 0.3) is 0 Å². The quantitative estimate of drug-likeness (QED) is 0.281. The van der Waals surface area contributed by atoms with Gasteiger partial charge in [-0.05, 0) is 50.3 Å². The van der Waals surface area contributed by atoms with E-state index in [2.05, 4.69) is 16.0 Å². The van der Waals surface area contributed by atoms with Crippen LogP contribution in [0.3, 0.4) is 0 Å². The second kappa shape index (κ2) is 11.9. The van der Waals surface area contributed by atoms with Gasteiger partial charge in [-0.3, -0.25) is 14.4 Å². The van der Waals surface area contributed by atoms with Gasteiger partial charge in [0.15, 0.2) is 0 Å². The molecule has 0 saturated heterocycles. The van der Waals surface area contributed by atoms with Gasteiger partial charge in [-0.25, -0.2) is 4.79 Å². The molecule has 4 atom stereocenters. The molecule has 0 aromatic heterocycles. The van der Waals surface area contributed by atoms with Crippen LogP contribution in [0, 0.1) is 5.92 Å². The predicted octanol–water partition coefficient (Wildman–Crippen LogP) is -0.113. The van der Waals surface area contributed by atoms with Gasteiger partial charge in [0.1, 0.15) is 23.9 Å². The molecule has 1 aromatic rings. The van der Waals surface area contributed by atoms with Crippen LogP contribution in [-0.4, -0.2) is 58.1 Å². The van der Waals surface area contributed by atoms with Crippen molar-refractivity contribution in [2.24, 2.45) is 11.7 Å². The van der Waals surface area contributed by atoms with E-state index in [9.17, 15) is 29.4 Å². The van der Waals surface area contributed by atoms with Crippen LogP contribution >= 0.6 is 0 Å². The van der Waals surface area contributed by atoms with E-state index in [0.29, 0.717) is 0 Å². The first-order valence-electron chi connectivity index (χ1n) is 10.1. The smallest absolute Gasteiger partial charge is 0.326 e. The summed E-state index contributed by atoms with van der Waals surface area (Å²) in [6.07, 6.45) is 0.471. The number of benzene rings is 1. The van der Waals surface area contributed by atoms with Crippen LogP contribution in [0.1, 0.15) is 39.7 Å². The van der Waals surface area contributed by atoms with E-state index < -0.39 is 47.9 Å². The Labute approximate surface area is 181 Å². The lowest BCUT2D eigenvalue weighted by atomic mass is 10.0. The molecule has 4 unspecified atom stereocenters. The summed E-state index contributed by atoms with van der Waals surface area (Å²) in [6.45, 7) is 6.55. The normalized spacial score (nSPS) is 14.8. The van der Waals surface area contributed by atoms with Crippen LogP contribution in [0.15, 0.2) is 24.3 Å². The molecule has 0 aliphatic rings. The number of phenols is 1. The maximum Gasteiger partial charge on any atom is 0.326 e. The van der Waals surface area contributed by atoms with E-state index >= 15 is 0 Å². The molecule has 1 rings (SSSR count). The average Bonchev–Trinajstić information content (AvgIpc) is 2.68. The lowest BCUT2D eigenvalue weighted by molar-refractivity contribution is -0.142. The van der Waals surface area contributed by atoms with Gasteiger partial charge < -0.3 is 31.9 Å². The van der Waals surface area contributed by atoms with Crippen molar-refractivity contribution < 1.29 is 29.4 Å². The summed E-state index contributed by atoms with van der Waals surface area (Å²) in [5.41, 5.74) is 6.63. The van der Waals surface area contributed by atoms with E-state index in [1.165, 1.54) is 26.0 Å². The number of aliphatic carboxylic acids is 1. The molecule has 0 aliphatic heterocycles.